The van der Waals surface area contributed by atoms with Crippen molar-refractivity contribution in [3.8, 4) is 11.3 Å². The number of hydrogen-bond acceptors (Lipinski definition) is 4. The Labute approximate surface area is 137 Å². The van der Waals surface area contributed by atoms with Gasteiger partial charge in [0.2, 0.25) is 0 Å². The Morgan fingerprint density at radius 1 is 1.41 bits per heavy atom. The standard InChI is InChI=1S/C16H17BrN2O3/c1-9-14(18-16(20)21-10(2)11-3-4-11)15(22-19-9)12-5-7-13(17)8-6-12/h5-8,10-11H,3-4H2,1-2H3,(H,18,20). The predicted molar refractivity (Wildman–Crippen MR) is 86.7 cm³/mol. The van der Waals surface area contributed by atoms with Gasteiger partial charge in [-0.1, -0.05) is 21.1 Å². The van der Waals surface area contributed by atoms with Crippen molar-refractivity contribution in [3.63, 3.8) is 0 Å². The average Bonchev–Trinajstić information content (AvgIpc) is 3.27. The first kappa shape index (κ1) is 15.1. The predicted octanol–water partition coefficient (Wildman–Crippen LogP) is 4.76. The molecule has 6 heteroatoms. The number of aromatic nitrogens is 1. The number of ether oxygens (including phenoxy) is 1. The molecule has 5 nitrogen and oxygen atoms in total. The summed E-state index contributed by atoms with van der Waals surface area (Å²) in [6.45, 7) is 3.71. The van der Waals surface area contributed by atoms with E-state index >= 15 is 0 Å². The van der Waals surface area contributed by atoms with Gasteiger partial charge in [0.1, 0.15) is 17.5 Å². The van der Waals surface area contributed by atoms with Crippen molar-refractivity contribution in [2.45, 2.75) is 32.8 Å². The van der Waals surface area contributed by atoms with E-state index in [9.17, 15) is 4.79 Å². The first-order valence-electron chi connectivity index (χ1n) is 7.24. The molecule has 1 amide bonds. The van der Waals surface area contributed by atoms with E-state index < -0.39 is 6.09 Å². The molecule has 1 aromatic heterocycles. The molecule has 1 atom stereocenters. The van der Waals surface area contributed by atoms with Gasteiger partial charge >= 0.3 is 6.09 Å². The summed E-state index contributed by atoms with van der Waals surface area (Å²) in [5.41, 5.74) is 2.01. The molecule has 0 radical (unpaired) electrons. The lowest BCUT2D eigenvalue weighted by atomic mass is 10.1. The van der Waals surface area contributed by atoms with Crippen molar-refractivity contribution in [3.05, 3.63) is 34.4 Å². The van der Waals surface area contributed by atoms with Crippen LogP contribution in [0.1, 0.15) is 25.5 Å². The molecule has 22 heavy (non-hydrogen) atoms. The van der Waals surface area contributed by atoms with Crippen LogP contribution in [-0.2, 0) is 4.74 Å². The molecule has 1 aliphatic rings. The SMILES string of the molecule is Cc1noc(-c2ccc(Br)cc2)c1NC(=O)OC(C)C1CC1. The van der Waals surface area contributed by atoms with Crippen molar-refractivity contribution in [1.82, 2.24) is 5.16 Å². The maximum absolute atomic E-state index is 12.0. The lowest BCUT2D eigenvalue weighted by molar-refractivity contribution is 0.108. The molecule has 0 aliphatic heterocycles. The molecule has 116 valence electrons. The van der Waals surface area contributed by atoms with E-state index in [0.29, 0.717) is 23.1 Å². The smallest absolute Gasteiger partial charge is 0.412 e. The molecule has 1 unspecified atom stereocenters. The van der Waals surface area contributed by atoms with E-state index in [0.717, 1.165) is 22.9 Å². The van der Waals surface area contributed by atoms with Crippen LogP contribution in [-0.4, -0.2) is 17.4 Å². The van der Waals surface area contributed by atoms with Gasteiger partial charge in [0, 0.05) is 10.0 Å². The Balaban J connectivity index is 1.76. The van der Waals surface area contributed by atoms with Gasteiger partial charge in [0.25, 0.3) is 0 Å². The van der Waals surface area contributed by atoms with E-state index in [4.69, 9.17) is 9.26 Å². The fourth-order valence-electron chi connectivity index (χ4n) is 2.28. The van der Waals surface area contributed by atoms with Crippen molar-refractivity contribution >= 4 is 27.7 Å². The highest BCUT2D eigenvalue weighted by Gasteiger charge is 2.31. The summed E-state index contributed by atoms with van der Waals surface area (Å²) in [7, 11) is 0. The zero-order valence-electron chi connectivity index (χ0n) is 12.4. The monoisotopic (exact) mass is 364 g/mol. The number of aryl methyl sites for hydroxylation is 1. The highest BCUT2D eigenvalue weighted by molar-refractivity contribution is 9.10. The van der Waals surface area contributed by atoms with Crippen molar-refractivity contribution in [1.29, 1.82) is 0 Å². The summed E-state index contributed by atoms with van der Waals surface area (Å²) in [5, 5.41) is 6.69. The molecule has 0 spiro atoms. The minimum atomic E-state index is -0.468. The lowest BCUT2D eigenvalue weighted by Crippen LogP contribution is -2.21. The van der Waals surface area contributed by atoms with Crippen LogP contribution in [0.15, 0.2) is 33.3 Å². The number of halogens is 1. The molecule has 1 aromatic carbocycles. The Kier molecular flexibility index (Phi) is 4.20. The third-order valence-electron chi connectivity index (χ3n) is 3.77. The zero-order valence-corrected chi connectivity index (χ0v) is 14.0. The van der Waals surface area contributed by atoms with Crippen LogP contribution >= 0.6 is 15.9 Å². The molecule has 1 saturated carbocycles. The summed E-state index contributed by atoms with van der Waals surface area (Å²) >= 11 is 3.39. The fourth-order valence-corrected chi connectivity index (χ4v) is 2.54. The molecule has 1 N–H and O–H groups in total. The van der Waals surface area contributed by atoms with E-state index in [1.807, 2.05) is 31.2 Å². The molecule has 1 fully saturated rings. The van der Waals surface area contributed by atoms with Crippen LogP contribution in [0.4, 0.5) is 10.5 Å². The Morgan fingerprint density at radius 2 is 2.09 bits per heavy atom. The number of rotatable bonds is 4. The highest BCUT2D eigenvalue weighted by atomic mass is 79.9. The van der Waals surface area contributed by atoms with Gasteiger partial charge in [0.15, 0.2) is 5.76 Å². The van der Waals surface area contributed by atoms with E-state index in [1.54, 1.807) is 6.92 Å². The Hall–Kier alpha value is -1.82. The third kappa shape index (κ3) is 3.32. The molecule has 1 heterocycles. The molecular weight excluding hydrogens is 348 g/mol. The summed E-state index contributed by atoms with van der Waals surface area (Å²) in [4.78, 5) is 12.0. The van der Waals surface area contributed by atoms with Crippen molar-refractivity contribution < 1.29 is 14.1 Å². The largest absolute Gasteiger partial charge is 0.446 e. The normalized spacial score (nSPS) is 15.4. The maximum Gasteiger partial charge on any atom is 0.412 e. The van der Waals surface area contributed by atoms with Crippen LogP contribution in [0.3, 0.4) is 0 Å². The number of amides is 1. The van der Waals surface area contributed by atoms with Gasteiger partial charge in [-0.2, -0.15) is 0 Å². The number of benzene rings is 1. The van der Waals surface area contributed by atoms with Crippen LogP contribution in [0.5, 0.6) is 0 Å². The summed E-state index contributed by atoms with van der Waals surface area (Å²) < 4.78 is 11.7. The lowest BCUT2D eigenvalue weighted by Gasteiger charge is -2.13. The van der Waals surface area contributed by atoms with E-state index in [1.165, 1.54) is 0 Å². The van der Waals surface area contributed by atoms with E-state index in [-0.39, 0.29) is 6.10 Å². The van der Waals surface area contributed by atoms with E-state index in [2.05, 4.69) is 26.4 Å². The molecule has 3 rings (SSSR count). The van der Waals surface area contributed by atoms with Gasteiger partial charge in [-0.25, -0.2) is 4.79 Å². The summed E-state index contributed by atoms with van der Waals surface area (Å²) in [6, 6.07) is 7.61. The van der Waals surface area contributed by atoms with Crippen molar-refractivity contribution in [2.75, 3.05) is 5.32 Å². The van der Waals surface area contributed by atoms with Crippen LogP contribution in [0, 0.1) is 12.8 Å². The average molecular weight is 365 g/mol. The Bertz CT molecular complexity index is 677. The number of nitrogens with zero attached hydrogens (tertiary/aromatic N) is 1. The zero-order chi connectivity index (χ0) is 15.7. The van der Waals surface area contributed by atoms with Crippen LogP contribution in [0.2, 0.25) is 0 Å². The first-order valence-corrected chi connectivity index (χ1v) is 8.03. The van der Waals surface area contributed by atoms with Gasteiger partial charge in [-0.05, 0) is 56.9 Å². The molecule has 2 aromatic rings. The van der Waals surface area contributed by atoms with Gasteiger partial charge in [0.05, 0.1) is 0 Å². The number of anilines is 1. The summed E-state index contributed by atoms with van der Waals surface area (Å²) in [5.74, 6) is 1.03. The molecule has 1 aliphatic carbocycles. The molecule has 0 saturated heterocycles. The van der Waals surface area contributed by atoms with Gasteiger partial charge < -0.3 is 9.26 Å². The quantitative estimate of drug-likeness (QED) is 0.849. The van der Waals surface area contributed by atoms with Crippen molar-refractivity contribution in [2.24, 2.45) is 5.92 Å². The Morgan fingerprint density at radius 3 is 2.73 bits per heavy atom. The second kappa shape index (κ2) is 6.12. The summed E-state index contributed by atoms with van der Waals surface area (Å²) in [6.07, 6.45) is 1.73. The number of nitrogens with one attached hydrogen (secondary N) is 1. The molecular formula is C16H17BrN2O3. The number of carbonyl (C=O) groups is 1. The fraction of sp³-hybridized carbons (Fsp3) is 0.375. The minimum Gasteiger partial charge on any atom is -0.446 e. The van der Waals surface area contributed by atoms with Crippen LogP contribution in [0.25, 0.3) is 11.3 Å². The second-order valence-corrected chi connectivity index (χ2v) is 6.47. The molecule has 0 bridgehead atoms. The first-order chi connectivity index (χ1) is 10.5. The number of hydrogen-bond donors (Lipinski definition) is 1. The van der Waals surface area contributed by atoms with Crippen LogP contribution < -0.4 is 5.32 Å². The van der Waals surface area contributed by atoms with Gasteiger partial charge in [-0.15, -0.1) is 0 Å². The number of carbonyl (C=O) groups excluding carboxylic acids is 1. The maximum atomic E-state index is 12.0. The topological polar surface area (TPSA) is 64.4 Å². The highest BCUT2D eigenvalue weighted by Crippen LogP contribution is 2.35. The third-order valence-corrected chi connectivity index (χ3v) is 4.30. The minimum absolute atomic E-state index is 0.0590. The van der Waals surface area contributed by atoms with Gasteiger partial charge in [-0.3, -0.25) is 5.32 Å². The second-order valence-electron chi connectivity index (χ2n) is 5.55.